The molecular formula is C28H27F3N4O2. The number of aromatic nitrogens is 2. The number of carboxylic acid groups (broad SMARTS) is 1. The molecule has 0 spiro atoms. The fourth-order valence-corrected chi connectivity index (χ4v) is 4.25. The molecule has 2 N–H and O–H groups in total. The van der Waals surface area contributed by atoms with Gasteiger partial charge in [0.05, 0.1) is 11.0 Å². The number of anilines is 3. The molecule has 1 aliphatic heterocycles. The molecule has 1 aliphatic rings. The lowest BCUT2D eigenvalue weighted by Gasteiger charge is -2.33. The zero-order valence-electron chi connectivity index (χ0n) is 20.0. The first-order valence-electron chi connectivity index (χ1n) is 12.0. The van der Waals surface area contributed by atoms with Crippen LogP contribution >= 0.6 is 0 Å². The van der Waals surface area contributed by atoms with Crippen molar-refractivity contribution >= 4 is 34.3 Å². The van der Waals surface area contributed by atoms with Crippen LogP contribution in [-0.2, 0) is 11.2 Å². The van der Waals surface area contributed by atoms with Crippen LogP contribution < -0.4 is 10.2 Å². The summed E-state index contributed by atoms with van der Waals surface area (Å²) in [4.78, 5) is 21.2. The Morgan fingerprint density at radius 1 is 0.865 bits per heavy atom. The number of benzene rings is 3. The van der Waals surface area contributed by atoms with Gasteiger partial charge in [0.2, 0.25) is 0 Å². The summed E-state index contributed by atoms with van der Waals surface area (Å²) >= 11 is 0. The maximum Gasteiger partial charge on any atom is 0.490 e. The van der Waals surface area contributed by atoms with Gasteiger partial charge in [0.25, 0.3) is 0 Å². The number of hydrogen-bond donors (Lipinski definition) is 2. The van der Waals surface area contributed by atoms with Crippen molar-refractivity contribution in [1.82, 2.24) is 9.97 Å². The molecule has 6 nitrogen and oxygen atoms in total. The van der Waals surface area contributed by atoms with Gasteiger partial charge in [0.15, 0.2) is 11.6 Å². The molecule has 192 valence electrons. The summed E-state index contributed by atoms with van der Waals surface area (Å²) < 4.78 is 31.7. The SMILES string of the molecule is O=C(O)C(F)(F)F.c1ccc(CC2CCN(c3nc4ccccc4nc3Nc3ccccc3)CC2)cc1. The summed E-state index contributed by atoms with van der Waals surface area (Å²) in [6, 6.07) is 29.2. The Morgan fingerprint density at radius 3 is 1.95 bits per heavy atom. The maximum absolute atomic E-state index is 10.6. The molecule has 0 unspecified atom stereocenters. The lowest BCUT2D eigenvalue weighted by molar-refractivity contribution is -0.192. The number of nitrogens with one attached hydrogen (secondary N) is 1. The topological polar surface area (TPSA) is 78.3 Å². The first-order valence-corrected chi connectivity index (χ1v) is 12.0. The van der Waals surface area contributed by atoms with Gasteiger partial charge < -0.3 is 15.3 Å². The highest BCUT2D eigenvalue weighted by Gasteiger charge is 2.38. The van der Waals surface area contributed by atoms with Crippen LogP contribution in [0.2, 0.25) is 0 Å². The van der Waals surface area contributed by atoms with E-state index in [9.17, 15) is 13.2 Å². The predicted octanol–water partition coefficient (Wildman–Crippen LogP) is 6.47. The number of piperidine rings is 1. The van der Waals surface area contributed by atoms with Crippen LogP contribution in [0.25, 0.3) is 11.0 Å². The van der Waals surface area contributed by atoms with Crippen LogP contribution in [0.5, 0.6) is 0 Å². The van der Waals surface area contributed by atoms with E-state index in [1.807, 2.05) is 42.5 Å². The fourth-order valence-electron chi connectivity index (χ4n) is 4.25. The van der Waals surface area contributed by atoms with Crippen molar-refractivity contribution in [1.29, 1.82) is 0 Å². The van der Waals surface area contributed by atoms with Crippen LogP contribution in [0.1, 0.15) is 18.4 Å². The lowest BCUT2D eigenvalue weighted by atomic mass is 9.90. The van der Waals surface area contributed by atoms with E-state index in [0.29, 0.717) is 0 Å². The minimum absolute atomic E-state index is 0.725. The Hall–Kier alpha value is -4.14. The fraction of sp³-hybridized carbons (Fsp3) is 0.250. The number of para-hydroxylation sites is 3. The number of carbonyl (C=O) groups is 1. The molecule has 0 aliphatic carbocycles. The van der Waals surface area contributed by atoms with Crippen molar-refractivity contribution < 1.29 is 23.1 Å². The summed E-state index contributed by atoms with van der Waals surface area (Å²) in [5.41, 5.74) is 4.33. The highest BCUT2D eigenvalue weighted by Crippen LogP contribution is 2.31. The van der Waals surface area contributed by atoms with Crippen LogP contribution in [0, 0.1) is 5.92 Å². The molecule has 0 amide bonds. The Morgan fingerprint density at radius 2 is 1.38 bits per heavy atom. The van der Waals surface area contributed by atoms with Crippen molar-refractivity contribution in [2.75, 3.05) is 23.3 Å². The Balaban J connectivity index is 0.000000405. The van der Waals surface area contributed by atoms with E-state index in [-0.39, 0.29) is 0 Å². The summed E-state index contributed by atoms with van der Waals surface area (Å²) in [5.74, 6) is -0.243. The number of fused-ring (bicyclic) bond motifs is 1. The minimum atomic E-state index is -5.08. The van der Waals surface area contributed by atoms with E-state index in [2.05, 4.69) is 52.7 Å². The lowest BCUT2D eigenvalue weighted by Crippen LogP contribution is -2.35. The van der Waals surface area contributed by atoms with Crippen molar-refractivity contribution in [3.05, 3.63) is 90.5 Å². The van der Waals surface area contributed by atoms with Gasteiger partial charge in [-0.25, -0.2) is 14.8 Å². The molecule has 5 rings (SSSR count). The number of hydrogen-bond acceptors (Lipinski definition) is 5. The van der Waals surface area contributed by atoms with Gasteiger partial charge in [-0.1, -0.05) is 60.7 Å². The van der Waals surface area contributed by atoms with Crippen LogP contribution in [-0.4, -0.2) is 40.3 Å². The van der Waals surface area contributed by atoms with E-state index in [1.165, 1.54) is 18.4 Å². The minimum Gasteiger partial charge on any atom is -0.475 e. The average molecular weight is 509 g/mol. The Labute approximate surface area is 212 Å². The number of aliphatic carboxylic acids is 1. The van der Waals surface area contributed by atoms with Crippen LogP contribution in [0.15, 0.2) is 84.9 Å². The second-order valence-electron chi connectivity index (χ2n) is 8.80. The third kappa shape index (κ3) is 7.19. The van der Waals surface area contributed by atoms with Crippen molar-refractivity contribution in [2.45, 2.75) is 25.4 Å². The Bertz CT molecular complexity index is 1310. The second-order valence-corrected chi connectivity index (χ2v) is 8.80. The van der Waals surface area contributed by atoms with E-state index in [0.717, 1.165) is 53.8 Å². The molecule has 1 saturated heterocycles. The molecule has 1 fully saturated rings. The highest BCUT2D eigenvalue weighted by atomic mass is 19.4. The molecule has 2 heterocycles. The predicted molar refractivity (Wildman–Crippen MR) is 138 cm³/mol. The number of carboxylic acids is 1. The molecule has 0 atom stereocenters. The molecular weight excluding hydrogens is 481 g/mol. The molecule has 4 aromatic rings. The summed E-state index contributed by atoms with van der Waals surface area (Å²) in [6.07, 6.45) is -1.57. The molecule has 3 aromatic carbocycles. The van der Waals surface area contributed by atoms with Crippen molar-refractivity contribution in [3.8, 4) is 0 Å². The molecule has 0 radical (unpaired) electrons. The van der Waals surface area contributed by atoms with E-state index in [4.69, 9.17) is 19.9 Å². The van der Waals surface area contributed by atoms with Gasteiger partial charge in [-0.3, -0.25) is 0 Å². The molecule has 0 bridgehead atoms. The third-order valence-corrected chi connectivity index (χ3v) is 6.11. The van der Waals surface area contributed by atoms with Gasteiger partial charge in [-0.05, 0) is 55.0 Å². The summed E-state index contributed by atoms with van der Waals surface area (Å²) in [5, 5.41) is 10.6. The normalized spacial score (nSPS) is 14.1. The summed E-state index contributed by atoms with van der Waals surface area (Å²) in [7, 11) is 0. The van der Waals surface area contributed by atoms with Gasteiger partial charge >= 0.3 is 12.1 Å². The number of alkyl halides is 3. The van der Waals surface area contributed by atoms with Crippen LogP contribution in [0.3, 0.4) is 0 Å². The van der Waals surface area contributed by atoms with Gasteiger partial charge in [0.1, 0.15) is 0 Å². The zero-order chi connectivity index (χ0) is 26.3. The highest BCUT2D eigenvalue weighted by molar-refractivity contribution is 5.82. The van der Waals surface area contributed by atoms with Gasteiger partial charge in [-0.15, -0.1) is 0 Å². The Kier molecular flexibility index (Phi) is 8.22. The zero-order valence-corrected chi connectivity index (χ0v) is 20.0. The van der Waals surface area contributed by atoms with Crippen molar-refractivity contribution in [3.63, 3.8) is 0 Å². The summed E-state index contributed by atoms with van der Waals surface area (Å²) in [6.45, 7) is 2.02. The van der Waals surface area contributed by atoms with Gasteiger partial charge in [-0.2, -0.15) is 13.2 Å². The molecule has 1 aromatic heterocycles. The van der Waals surface area contributed by atoms with E-state index in [1.54, 1.807) is 0 Å². The largest absolute Gasteiger partial charge is 0.490 e. The molecule has 37 heavy (non-hydrogen) atoms. The number of halogens is 3. The first kappa shape index (κ1) is 25.9. The first-order chi connectivity index (χ1) is 17.8. The third-order valence-electron chi connectivity index (χ3n) is 6.11. The van der Waals surface area contributed by atoms with E-state index < -0.39 is 12.1 Å². The molecule has 0 saturated carbocycles. The number of nitrogens with zero attached hydrogens (tertiary/aromatic N) is 3. The second kappa shape index (κ2) is 11.7. The maximum atomic E-state index is 10.6. The van der Waals surface area contributed by atoms with E-state index >= 15 is 0 Å². The quantitative estimate of drug-likeness (QED) is 0.322. The van der Waals surface area contributed by atoms with Crippen LogP contribution in [0.4, 0.5) is 30.5 Å². The monoisotopic (exact) mass is 508 g/mol. The smallest absolute Gasteiger partial charge is 0.475 e. The van der Waals surface area contributed by atoms with Crippen molar-refractivity contribution in [2.24, 2.45) is 5.92 Å². The number of rotatable bonds is 5. The molecule has 9 heteroatoms. The van der Waals surface area contributed by atoms with Gasteiger partial charge in [0, 0.05) is 18.8 Å². The standard InChI is InChI=1S/C26H26N4.C2HF3O2/c1-3-9-20(10-4-1)19-21-15-17-30(18-16-21)26-25(27-22-11-5-2-6-12-22)28-23-13-7-8-14-24(23)29-26;3-2(4,5)1(6)7/h1-14,21H,15-19H2,(H,27,28);(H,6,7). The average Bonchev–Trinajstić information content (AvgIpc) is 2.90.